The summed E-state index contributed by atoms with van der Waals surface area (Å²) in [6.45, 7) is 2.07. The summed E-state index contributed by atoms with van der Waals surface area (Å²) in [5.41, 5.74) is 6.07. The van der Waals surface area contributed by atoms with Crippen LogP contribution in [0.1, 0.15) is 39.0 Å². The molecule has 1 saturated carbocycles. The third-order valence-electron chi connectivity index (χ3n) is 3.41. The molecule has 3 unspecified atom stereocenters. The van der Waals surface area contributed by atoms with E-state index in [1.54, 1.807) is 7.05 Å². The van der Waals surface area contributed by atoms with Gasteiger partial charge in [-0.15, -0.1) is 0 Å². The second-order valence-corrected chi connectivity index (χ2v) is 4.24. The molecule has 0 radical (unpaired) electrons. The summed E-state index contributed by atoms with van der Waals surface area (Å²) in [5, 5.41) is 2.74. The van der Waals surface area contributed by atoms with Crippen LogP contribution in [-0.4, -0.2) is 19.0 Å². The first-order chi connectivity index (χ1) is 6.70. The number of nitrogens with one attached hydrogen (secondary N) is 1. The lowest BCUT2D eigenvalue weighted by molar-refractivity contribution is -0.127. The molecule has 0 spiro atoms. The van der Waals surface area contributed by atoms with Gasteiger partial charge in [-0.3, -0.25) is 4.79 Å². The first-order valence-corrected chi connectivity index (χ1v) is 5.67. The maximum atomic E-state index is 11.6. The van der Waals surface area contributed by atoms with Gasteiger partial charge in [0.1, 0.15) is 0 Å². The number of hydrogen-bond donors (Lipinski definition) is 2. The minimum absolute atomic E-state index is 0.121. The highest BCUT2D eigenvalue weighted by Gasteiger charge is 2.32. The standard InChI is InChI=1S/C11H22N2O/c1-3-8(11(14)13-2)9-6-4-5-7-10(9)12/h8-10H,3-7,12H2,1-2H3,(H,13,14). The van der Waals surface area contributed by atoms with Gasteiger partial charge in [-0.1, -0.05) is 19.8 Å². The molecule has 0 saturated heterocycles. The molecular formula is C11H22N2O. The Hall–Kier alpha value is -0.570. The molecule has 0 aliphatic heterocycles. The van der Waals surface area contributed by atoms with E-state index >= 15 is 0 Å². The molecule has 14 heavy (non-hydrogen) atoms. The van der Waals surface area contributed by atoms with Crippen molar-refractivity contribution in [3.05, 3.63) is 0 Å². The van der Waals surface area contributed by atoms with Crippen LogP contribution in [-0.2, 0) is 4.79 Å². The molecule has 1 rings (SSSR count). The molecular weight excluding hydrogens is 176 g/mol. The average molecular weight is 198 g/mol. The summed E-state index contributed by atoms with van der Waals surface area (Å²) < 4.78 is 0. The van der Waals surface area contributed by atoms with Gasteiger partial charge in [-0.2, -0.15) is 0 Å². The topological polar surface area (TPSA) is 55.1 Å². The highest BCUT2D eigenvalue weighted by molar-refractivity contribution is 5.78. The molecule has 0 aromatic carbocycles. The van der Waals surface area contributed by atoms with E-state index < -0.39 is 0 Å². The first-order valence-electron chi connectivity index (χ1n) is 5.67. The van der Waals surface area contributed by atoms with Crippen LogP contribution >= 0.6 is 0 Å². The van der Waals surface area contributed by atoms with Crippen molar-refractivity contribution in [2.24, 2.45) is 17.6 Å². The van der Waals surface area contributed by atoms with E-state index in [1.807, 2.05) is 0 Å². The van der Waals surface area contributed by atoms with Crippen LogP contribution in [0, 0.1) is 11.8 Å². The van der Waals surface area contributed by atoms with Crippen LogP contribution in [0.2, 0.25) is 0 Å². The zero-order valence-electron chi connectivity index (χ0n) is 9.25. The van der Waals surface area contributed by atoms with Crippen molar-refractivity contribution in [2.45, 2.75) is 45.1 Å². The Morgan fingerprint density at radius 2 is 2.14 bits per heavy atom. The third kappa shape index (κ3) is 2.47. The number of amides is 1. The van der Waals surface area contributed by atoms with E-state index in [0.29, 0.717) is 5.92 Å². The molecule has 1 aliphatic carbocycles. The van der Waals surface area contributed by atoms with Crippen molar-refractivity contribution >= 4 is 5.91 Å². The zero-order valence-corrected chi connectivity index (χ0v) is 9.25. The van der Waals surface area contributed by atoms with Gasteiger partial charge >= 0.3 is 0 Å². The summed E-state index contributed by atoms with van der Waals surface area (Å²) >= 11 is 0. The fourth-order valence-electron chi connectivity index (χ4n) is 2.56. The summed E-state index contributed by atoms with van der Waals surface area (Å²) in [6.07, 6.45) is 5.55. The first kappa shape index (κ1) is 11.5. The van der Waals surface area contributed by atoms with Crippen molar-refractivity contribution in [3.8, 4) is 0 Å². The highest BCUT2D eigenvalue weighted by Crippen LogP contribution is 2.31. The largest absolute Gasteiger partial charge is 0.359 e. The Kier molecular flexibility index (Phi) is 4.39. The van der Waals surface area contributed by atoms with Crippen molar-refractivity contribution in [1.82, 2.24) is 5.32 Å². The minimum Gasteiger partial charge on any atom is -0.359 e. The van der Waals surface area contributed by atoms with Crippen molar-refractivity contribution in [2.75, 3.05) is 7.05 Å². The van der Waals surface area contributed by atoms with Gasteiger partial charge in [-0.05, 0) is 25.2 Å². The van der Waals surface area contributed by atoms with E-state index in [9.17, 15) is 4.79 Å². The Morgan fingerprint density at radius 3 is 2.64 bits per heavy atom. The lowest BCUT2D eigenvalue weighted by Crippen LogP contribution is -2.43. The molecule has 3 heteroatoms. The van der Waals surface area contributed by atoms with Gasteiger partial charge in [0.05, 0.1) is 0 Å². The molecule has 3 nitrogen and oxygen atoms in total. The van der Waals surface area contributed by atoms with Gasteiger partial charge in [0, 0.05) is 19.0 Å². The molecule has 1 aliphatic rings. The van der Waals surface area contributed by atoms with Crippen molar-refractivity contribution < 1.29 is 4.79 Å². The van der Waals surface area contributed by atoms with Gasteiger partial charge in [0.15, 0.2) is 0 Å². The van der Waals surface area contributed by atoms with Crippen molar-refractivity contribution in [1.29, 1.82) is 0 Å². The second-order valence-electron chi connectivity index (χ2n) is 4.24. The Bertz CT molecular complexity index is 194. The number of carbonyl (C=O) groups is 1. The molecule has 82 valence electrons. The molecule has 3 atom stereocenters. The van der Waals surface area contributed by atoms with E-state index in [1.165, 1.54) is 12.8 Å². The number of carbonyl (C=O) groups excluding carboxylic acids is 1. The summed E-state index contributed by atoms with van der Waals surface area (Å²) in [5.74, 6) is 0.679. The lowest BCUT2D eigenvalue weighted by atomic mass is 9.75. The van der Waals surface area contributed by atoms with Crippen LogP contribution in [0.5, 0.6) is 0 Å². The van der Waals surface area contributed by atoms with Crippen LogP contribution in [0.15, 0.2) is 0 Å². The number of hydrogen-bond acceptors (Lipinski definition) is 2. The SMILES string of the molecule is CCC(C(=O)NC)C1CCCCC1N. The van der Waals surface area contributed by atoms with Crippen LogP contribution in [0.3, 0.4) is 0 Å². The maximum Gasteiger partial charge on any atom is 0.223 e. The maximum absolute atomic E-state index is 11.6. The normalized spacial score (nSPS) is 29.6. The fourth-order valence-corrected chi connectivity index (χ4v) is 2.56. The third-order valence-corrected chi connectivity index (χ3v) is 3.41. The van der Waals surface area contributed by atoms with Gasteiger partial charge in [0.2, 0.25) is 5.91 Å². The van der Waals surface area contributed by atoms with Gasteiger partial charge < -0.3 is 11.1 Å². The Morgan fingerprint density at radius 1 is 1.50 bits per heavy atom. The number of rotatable bonds is 3. The summed E-state index contributed by atoms with van der Waals surface area (Å²) in [6, 6.07) is 0.228. The predicted octanol–water partition coefficient (Wildman–Crippen LogP) is 1.28. The zero-order chi connectivity index (χ0) is 10.6. The summed E-state index contributed by atoms with van der Waals surface area (Å²) in [7, 11) is 1.71. The molecule has 0 aromatic rings. The fraction of sp³-hybridized carbons (Fsp3) is 0.909. The second kappa shape index (κ2) is 5.35. The molecule has 1 fully saturated rings. The van der Waals surface area contributed by atoms with Crippen LogP contribution in [0.4, 0.5) is 0 Å². The van der Waals surface area contributed by atoms with Gasteiger partial charge in [-0.25, -0.2) is 0 Å². The van der Waals surface area contributed by atoms with E-state index in [2.05, 4.69) is 12.2 Å². The smallest absolute Gasteiger partial charge is 0.223 e. The van der Waals surface area contributed by atoms with Crippen LogP contribution in [0.25, 0.3) is 0 Å². The minimum atomic E-state index is 0.121. The predicted molar refractivity (Wildman–Crippen MR) is 57.8 cm³/mol. The molecule has 1 amide bonds. The van der Waals surface area contributed by atoms with Crippen molar-refractivity contribution in [3.63, 3.8) is 0 Å². The van der Waals surface area contributed by atoms with E-state index in [4.69, 9.17) is 5.73 Å². The molecule has 0 heterocycles. The molecule has 3 N–H and O–H groups in total. The lowest BCUT2D eigenvalue weighted by Gasteiger charge is -2.33. The average Bonchev–Trinajstić information content (AvgIpc) is 2.21. The number of nitrogens with two attached hydrogens (primary N) is 1. The van der Waals surface area contributed by atoms with E-state index in [0.717, 1.165) is 19.3 Å². The highest BCUT2D eigenvalue weighted by atomic mass is 16.1. The quantitative estimate of drug-likeness (QED) is 0.717. The Labute approximate surface area is 86.4 Å². The summed E-state index contributed by atoms with van der Waals surface area (Å²) in [4.78, 5) is 11.6. The monoisotopic (exact) mass is 198 g/mol. The van der Waals surface area contributed by atoms with Crippen LogP contribution < -0.4 is 11.1 Å². The van der Waals surface area contributed by atoms with Gasteiger partial charge in [0.25, 0.3) is 0 Å². The molecule has 0 bridgehead atoms. The van der Waals surface area contributed by atoms with E-state index in [-0.39, 0.29) is 17.9 Å². The Balaban J connectivity index is 2.61. The molecule has 0 aromatic heterocycles.